The Kier molecular flexibility index (Phi) is 5.20. The molecule has 5 nitrogen and oxygen atoms in total. The molecule has 1 fully saturated rings. The van der Waals surface area contributed by atoms with Gasteiger partial charge in [0.2, 0.25) is 6.79 Å². The summed E-state index contributed by atoms with van der Waals surface area (Å²) in [5.41, 5.74) is 1.05. The highest BCUT2D eigenvalue weighted by atomic mass is 32.2. The Labute approximate surface area is 142 Å². The molecular formula is C17H25N3O2S. The fraction of sp³-hybridized carbons (Fsp3) is 0.588. The molecule has 2 aliphatic heterocycles. The Hall–Kier alpha value is -1.56. The van der Waals surface area contributed by atoms with Gasteiger partial charge in [-0.25, -0.2) is 4.99 Å². The molecule has 1 atom stereocenters. The number of thioether (sulfide) groups is 1. The summed E-state index contributed by atoms with van der Waals surface area (Å²) in [5.74, 6) is 3.76. The van der Waals surface area contributed by atoms with E-state index in [2.05, 4.69) is 36.2 Å². The number of rotatable bonds is 5. The molecule has 1 unspecified atom stereocenters. The third-order valence-electron chi connectivity index (χ3n) is 4.16. The third kappa shape index (κ3) is 4.05. The van der Waals surface area contributed by atoms with Gasteiger partial charge in [0, 0.05) is 23.4 Å². The number of aliphatic imine (C=N–C) groups is 1. The van der Waals surface area contributed by atoms with Crippen LogP contribution < -0.4 is 20.1 Å². The van der Waals surface area contributed by atoms with Crippen molar-refractivity contribution >= 4 is 17.7 Å². The molecule has 0 bridgehead atoms. The Bertz CT molecular complexity index is 571. The van der Waals surface area contributed by atoms with Crippen molar-refractivity contribution in [2.75, 3.05) is 25.6 Å². The molecule has 0 saturated carbocycles. The van der Waals surface area contributed by atoms with E-state index in [-0.39, 0.29) is 0 Å². The molecule has 3 rings (SSSR count). The van der Waals surface area contributed by atoms with Gasteiger partial charge < -0.3 is 20.1 Å². The Morgan fingerprint density at radius 1 is 1.35 bits per heavy atom. The molecule has 2 aliphatic rings. The summed E-state index contributed by atoms with van der Waals surface area (Å²) in [5, 5.41) is 6.81. The van der Waals surface area contributed by atoms with Gasteiger partial charge >= 0.3 is 0 Å². The second-order valence-corrected chi connectivity index (χ2v) is 7.78. The van der Waals surface area contributed by atoms with Crippen LogP contribution in [-0.2, 0) is 6.54 Å². The lowest BCUT2D eigenvalue weighted by molar-refractivity contribution is 0.173. The topological polar surface area (TPSA) is 54.9 Å². The fourth-order valence-corrected chi connectivity index (χ4v) is 4.11. The number of para-hydroxylation sites is 1. The number of hydrogen-bond donors (Lipinski definition) is 2. The number of nitrogens with one attached hydrogen (secondary N) is 2. The molecule has 0 radical (unpaired) electrons. The highest BCUT2D eigenvalue weighted by Crippen LogP contribution is 2.37. The van der Waals surface area contributed by atoms with Crippen LogP contribution in [0.25, 0.3) is 0 Å². The van der Waals surface area contributed by atoms with E-state index >= 15 is 0 Å². The van der Waals surface area contributed by atoms with E-state index in [0.717, 1.165) is 36.1 Å². The van der Waals surface area contributed by atoms with Gasteiger partial charge in [-0.05, 0) is 38.5 Å². The van der Waals surface area contributed by atoms with Crippen LogP contribution >= 0.6 is 11.8 Å². The molecule has 2 N–H and O–H groups in total. The minimum absolute atomic E-state index is 0.296. The van der Waals surface area contributed by atoms with E-state index in [9.17, 15) is 0 Å². The molecule has 0 aliphatic carbocycles. The van der Waals surface area contributed by atoms with Crippen molar-refractivity contribution in [1.29, 1.82) is 0 Å². The first-order valence-corrected chi connectivity index (χ1v) is 9.22. The summed E-state index contributed by atoms with van der Waals surface area (Å²) in [4.78, 5) is 4.70. The second-order valence-electron chi connectivity index (χ2n) is 6.10. The predicted octanol–water partition coefficient (Wildman–Crippen LogP) is 2.76. The summed E-state index contributed by atoms with van der Waals surface area (Å²) >= 11 is 2.05. The van der Waals surface area contributed by atoms with E-state index < -0.39 is 0 Å². The molecule has 126 valence electrons. The first-order valence-electron chi connectivity index (χ1n) is 8.24. The lowest BCUT2D eigenvalue weighted by Crippen LogP contribution is -2.43. The van der Waals surface area contributed by atoms with Crippen molar-refractivity contribution < 1.29 is 9.47 Å². The van der Waals surface area contributed by atoms with Crippen molar-refractivity contribution in [2.45, 2.75) is 38.0 Å². The van der Waals surface area contributed by atoms with Gasteiger partial charge in [-0.15, -0.1) is 0 Å². The van der Waals surface area contributed by atoms with Crippen molar-refractivity contribution in [1.82, 2.24) is 10.6 Å². The normalized spacial score (nSPS) is 23.1. The molecule has 2 heterocycles. The minimum atomic E-state index is 0.296. The van der Waals surface area contributed by atoms with Crippen LogP contribution in [0.3, 0.4) is 0 Å². The zero-order chi connectivity index (χ0) is 16.1. The molecule has 0 aromatic heterocycles. The van der Waals surface area contributed by atoms with Gasteiger partial charge in [-0.2, -0.15) is 11.8 Å². The summed E-state index contributed by atoms with van der Waals surface area (Å²) in [6.45, 7) is 7.07. The van der Waals surface area contributed by atoms with Crippen molar-refractivity contribution in [2.24, 2.45) is 4.99 Å². The summed E-state index contributed by atoms with van der Waals surface area (Å²) < 4.78 is 11.3. The van der Waals surface area contributed by atoms with E-state index in [1.807, 2.05) is 18.2 Å². The molecule has 1 aromatic carbocycles. The van der Waals surface area contributed by atoms with Gasteiger partial charge in [-0.3, -0.25) is 0 Å². The first-order chi connectivity index (χ1) is 11.2. The molecule has 6 heteroatoms. The van der Waals surface area contributed by atoms with Crippen molar-refractivity contribution in [3.63, 3.8) is 0 Å². The number of ether oxygens (including phenoxy) is 2. The monoisotopic (exact) mass is 335 g/mol. The van der Waals surface area contributed by atoms with Crippen LogP contribution in [0.2, 0.25) is 0 Å². The fourth-order valence-electron chi connectivity index (χ4n) is 2.87. The Morgan fingerprint density at radius 2 is 2.26 bits per heavy atom. The average Bonchev–Trinajstić information content (AvgIpc) is 3.19. The molecular weight excluding hydrogens is 310 g/mol. The second kappa shape index (κ2) is 7.34. The van der Waals surface area contributed by atoms with Crippen LogP contribution in [0.15, 0.2) is 23.2 Å². The van der Waals surface area contributed by atoms with E-state index in [0.29, 0.717) is 18.1 Å². The molecule has 0 amide bonds. The van der Waals surface area contributed by atoms with Crippen LogP contribution in [0.1, 0.15) is 32.3 Å². The smallest absolute Gasteiger partial charge is 0.231 e. The lowest BCUT2D eigenvalue weighted by atomic mass is 10.1. The summed E-state index contributed by atoms with van der Waals surface area (Å²) in [6, 6.07) is 5.95. The first kappa shape index (κ1) is 16.3. The third-order valence-corrected chi connectivity index (χ3v) is 5.70. The molecule has 23 heavy (non-hydrogen) atoms. The van der Waals surface area contributed by atoms with E-state index in [4.69, 9.17) is 14.5 Å². The zero-order valence-corrected chi connectivity index (χ0v) is 14.7. The molecule has 0 spiro atoms. The van der Waals surface area contributed by atoms with Gasteiger partial charge in [0.15, 0.2) is 17.5 Å². The van der Waals surface area contributed by atoms with E-state index in [1.165, 1.54) is 18.6 Å². The van der Waals surface area contributed by atoms with Gasteiger partial charge in [0.25, 0.3) is 0 Å². The maximum Gasteiger partial charge on any atom is 0.231 e. The van der Waals surface area contributed by atoms with Crippen LogP contribution in [0.4, 0.5) is 0 Å². The maximum absolute atomic E-state index is 5.54. The van der Waals surface area contributed by atoms with Crippen LogP contribution in [0.5, 0.6) is 11.5 Å². The number of benzene rings is 1. The molecule has 1 aromatic rings. The summed E-state index contributed by atoms with van der Waals surface area (Å²) in [7, 11) is 0. The Balaban J connectivity index is 1.64. The van der Waals surface area contributed by atoms with Crippen LogP contribution in [0, 0.1) is 0 Å². The van der Waals surface area contributed by atoms with Gasteiger partial charge in [0.05, 0.1) is 6.54 Å². The number of guanidine groups is 1. The van der Waals surface area contributed by atoms with Crippen LogP contribution in [-0.4, -0.2) is 36.3 Å². The Morgan fingerprint density at radius 3 is 3.04 bits per heavy atom. The maximum atomic E-state index is 5.54. The number of fused-ring (bicyclic) bond motifs is 1. The van der Waals surface area contributed by atoms with Gasteiger partial charge in [0.1, 0.15) is 0 Å². The van der Waals surface area contributed by atoms with Crippen molar-refractivity contribution in [3.8, 4) is 11.5 Å². The van der Waals surface area contributed by atoms with Crippen molar-refractivity contribution in [3.05, 3.63) is 23.8 Å². The SMILES string of the molecule is CCNC(=NCc1cccc2c1OCO2)NCC1(C)CCCS1. The lowest BCUT2D eigenvalue weighted by Gasteiger charge is -2.24. The average molecular weight is 335 g/mol. The quantitative estimate of drug-likeness (QED) is 0.640. The van der Waals surface area contributed by atoms with E-state index in [1.54, 1.807) is 0 Å². The highest BCUT2D eigenvalue weighted by molar-refractivity contribution is 8.00. The largest absolute Gasteiger partial charge is 0.454 e. The highest BCUT2D eigenvalue weighted by Gasteiger charge is 2.29. The number of hydrogen-bond acceptors (Lipinski definition) is 4. The minimum Gasteiger partial charge on any atom is -0.454 e. The van der Waals surface area contributed by atoms with Gasteiger partial charge in [-0.1, -0.05) is 12.1 Å². The zero-order valence-electron chi connectivity index (χ0n) is 13.9. The summed E-state index contributed by atoms with van der Waals surface area (Å²) in [6.07, 6.45) is 2.57. The number of nitrogens with zero attached hydrogens (tertiary/aromatic N) is 1. The standard InChI is InChI=1S/C17H25N3O2S/c1-3-18-16(20-11-17(2)8-5-9-23-17)19-10-13-6-4-7-14-15(13)22-12-21-14/h4,6-7H,3,5,8-12H2,1-2H3,(H2,18,19,20). The predicted molar refractivity (Wildman–Crippen MR) is 95.5 cm³/mol. The molecule has 1 saturated heterocycles.